The van der Waals surface area contributed by atoms with Gasteiger partial charge in [0, 0.05) is 46.6 Å². The number of aromatic nitrogens is 1. The lowest BCUT2D eigenvalue weighted by molar-refractivity contribution is -0.135. The molecule has 208 valence electrons. The number of hydrogen-bond donors (Lipinski definition) is 0. The zero-order valence-electron chi connectivity index (χ0n) is 23.0. The van der Waals surface area contributed by atoms with E-state index in [1.165, 1.54) is 6.42 Å². The fraction of sp³-hybridized carbons (Fsp3) is 0.438. The molecule has 0 saturated heterocycles. The van der Waals surface area contributed by atoms with Gasteiger partial charge < -0.3 is 14.4 Å². The molecule has 39 heavy (non-hydrogen) atoms. The average molecular weight is 569 g/mol. The van der Waals surface area contributed by atoms with E-state index in [9.17, 15) is 9.59 Å². The zero-order valence-corrected chi connectivity index (χ0v) is 24.5. The molecule has 0 N–H and O–H groups in total. The van der Waals surface area contributed by atoms with Gasteiger partial charge in [0.2, 0.25) is 5.91 Å². The maximum absolute atomic E-state index is 14.0. The van der Waals surface area contributed by atoms with E-state index in [1.807, 2.05) is 41.4 Å². The Bertz CT molecular complexity index is 1230. The van der Waals surface area contributed by atoms with Crippen molar-refractivity contribution >= 4 is 35.0 Å². The van der Waals surface area contributed by atoms with Crippen molar-refractivity contribution in [3.05, 3.63) is 93.7 Å². The highest BCUT2D eigenvalue weighted by molar-refractivity contribution is 6.31. The van der Waals surface area contributed by atoms with Crippen molar-refractivity contribution < 1.29 is 9.59 Å². The van der Waals surface area contributed by atoms with Gasteiger partial charge in [-0.25, -0.2) is 0 Å². The van der Waals surface area contributed by atoms with Crippen LogP contribution < -0.4 is 0 Å². The maximum Gasteiger partial charge on any atom is 0.254 e. The number of benzene rings is 2. The minimum atomic E-state index is -0.133. The molecule has 0 atom stereocenters. The molecule has 5 nitrogen and oxygen atoms in total. The highest BCUT2D eigenvalue weighted by Crippen LogP contribution is 2.26. The Hall–Kier alpha value is -2.76. The Morgan fingerprint density at radius 2 is 1.67 bits per heavy atom. The van der Waals surface area contributed by atoms with Gasteiger partial charge in [-0.1, -0.05) is 74.5 Å². The van der Waals surface area contributed by atoms with Crippen LogP contribution in [0.25, 0.3) is 0 Å². The first-order valence-corrected chi connectivity index (χ1v) is 14.8. The van der Waals surface area contributed by atoms with Crippen molar-refractivity contribution in [2.75, 3.05) is 13.1 Å². The second-order valence-electron chi connectivity index (χ2n) is 10.9. The fourth-order valence-electron chi connectivity index (χ4n) is 5.24. The van der Waals surface area contributed by atoms with E-state index in [0.29, 0.717) is 36.1 Å². The van der Waals surface area contributed by atoms with Gasteiger partial charge in [-0.05, 0) is 73.2 Å². The number of nitrogens with zero attached hydrogens (tertiary/aromatic N) is 3. The molecule has 2 aromatic carbocycles. The second-order valence-corrected chi connectivity index (χ2v) is 11.8. The molecule has 0 unspecified atom stereocenters. The quantitative estimate of drug-likeness (QED) is 0.238. The molecule has 4 rings (SSSR count). The monoisotopic (exact) mass is 567 g/mol. The van der Waals surface area contributed by atoms with Crippen molar-refractivity contribution in [3.63, 3.8) is 0 Å². The van der Waals surface area contributed by atoms with E-state index in [2.05, 4.69) is 24.5 Å². The van der Waals surface area contributed by atoms with Crippen molar-refractivity contribution in [1.82, 2.24) is 14.4 Å². The van der Waals surface area contributed by atoms with Gasteiger partial charge >= 0.3 is 0 Å². The summed E-state index contributed by atoms with van der Waals surface area (Å²) in [6, 6.07) is 19.0. The lowest BCUT2D eigenvalue weighted by atomic mass is 9.94. The molecule has 2 amide bonds. The van der Waals surface area contributed by atoms with Crippen LogP contribution in [0.5, 0.6) is 0 Å². The Kier molecular flexibility index (Phi) is 10.5. The summed E-state index contributed by atoms with van der Waals surface area (Å²) in [4.78, 5) is 31.3. The predicted octanol–water partition coefficient (Wildman–Crippen LogP) is 7.69. The van der Waals surface area contributed by atoms with Gasteiger partial charge in [0.05, 0.1) is 6.54 Å². The third-order valence-electron chi connectivity index (χ3n) is 7.57. The van der Waals surface area contributed by atoms with E-state index < -0.39 is 0 Å². The van der Waals surface area contributed by atoms with Crippen molar-refractivity contribution in [3.8, 4) is 0 Å². The van der Waals surface area contributed by atoms with Gasteiger partial charge in [-0.3, -0.25) is 9.59 Å². The SMILES string of the molecule is CC(C)CCN(CC(=O)N(Cc1cccn1Cc1ccccc1Cl)C1CCCCC1)C(=O)c1ccc(Cl)cc1. The third-order valence-corrected chi connectivity index (χ3v) is 8.19. The molecule has 0 spiro atoms. The van der Waals surface area contributed by atoms with Gasteiger partial charge in [-0.15, -0.1) is 0 Å². The first-order chi connectivity index (χ1) is 18.8. The highest BCUT2D eigenvalue weighted by Gasteiger charge is 2.29. The summed E-state index contributed by atoms with van der Waals surface area (Å²) in [6.45, 7) is 6.02. The van der Waals surface area contributed by atoms with Crippen LogP contribution in [-0.4, -0.2) is 45.3 Å². The van der Waals surface area contributed by atoms with E-state index in [0.717, 1.165) is 48.4 Å². The van der Waals surface area contributed by atoms with Crippen LogP contribution in [0.3, 0.4) is 0 Å². The van der Waals surface area contributed by atoms with Crippen molar-refractivity contribution in [2.24, 2.45) is 5.92 Å². The van der Waals surface area contributed by atoms with E-state index in [-0.39, 0.29) is 24.4 Å². The van der Waals surface area contributed by atoms with Crippen LogP contribution >= 0.6 is 23.2 Å². The minimum absolute atomic E-state index is 0.00142. The molecule has 0 aliphatic heterocycles. The number of halogens is 2. The fourth-order valence-corrected chi connectivity index (χ4v) is 5.56. The summed E-state index contributed by atoms with van der Waals surface area (Å²) < 4.78 is 2.17. The number of hydrogen-bond acceptors (Lipinski definition) is 2. The summed E-state index contributed by atoms with van der Waals surface area (Å²) >= 11 is 12.5. The topological polar surface area (TPSA) is 45.6 Å². The number of amides is 2. The first kappa shape index (κ1) is 29.2. The predicted molar refractivity (Wildman–Crippen MR) is 159 cm³/mol. The summed E-state index contributed by atoms with van der Waals surface area (Å²) in [7, 11) is 0. The molecular formula is C32H39Cl2N3O2. The molecule has 7 heteroatoms. The van der Waals surface area contributed by atoms with Gasteiger partial charge in [-0.2, -0.15) is 0 Å². The summed E-state index contributed by atoms with van der Waals surface area (Å²) in [5.74, 6) is 0.285. The Balaban J connectivity index is 1.56. The van der Waals surface area contributed by atoms with Gasteiger partial charge in [0.15, 0.2) is 0 Å². The number of carbonyl (C=O) groups is 2. The molecule has 0 radical (unpaired) electrons. The molecule has 1 saturated carbocycles. The minimum Gasteiger partial charge on any atom is -0.345 e. The first-order valence-electron chi connectivity index (χ1n) is 14.0. The van der Waals surface area contributed by atoms with Crippen molar-refractivity contribution in [1.29, 1.82) is 0 Å². The van der Waals surface area contributed by atoms with E-state index in [1.54, 1.807) is 29.2 Å². The number of carbonyl (C=O) groups excluding carboxylic acids is 2. The molecule has 1 aliphatic carbocycles. The smallest absolute Gasteiger partial charge is 0.254 e. The van der Waals surface area contributed by atoms with Crippen LogP contribution in [0.4, 0.5) is 0 Å². The molecule has 1 fully saturated rings. The van der Waals surface area contributed by atoms with Crippen LogP contribution in [0.15, 0.2) is 66.9 Å². The average Bonchev–Trinajstić information content (AvgIpc) is 3.37. The van der Waals surface area contributed by atoms with Crippen LogP contribution in [0.2, 0.25) is 10.0 Å². The standard InChI is InChI=1S/C32H39Cl2N3O2/c1-24(2)18-20-36(32(39)25-14-16-27(33)17-15-25)23-31(38)37(28-10-4-3-5-11-28)22-29-12-8-19-35(29)21-26-9-6-7-13-30(26)34/h6-9,12-17,19,24,28H,3-5,10-11,18,20-23H2,1-2H3. The summed E-state index contributed by atoms with van der Waals surface area (Å²) in [5.41, 5.74) is 2.65. The molecule has 1 aliphatic rings. The maximum atomic E-state index is 14.0. The molecule has 0 bridgehead atoms. The van der Waals surface area contributed by atoms with Crippen LogP contribution in [0, 0.1) is 5.92 Å². The molecule has 1 aromatic heterocycles. The van der Waals surface area contributed by atoms with Crippen LogP contribution in [-0.2, 0) is 17.9 Å². The largest absolute Gasteiger partial charge is 0.345 e. The van der Waals surface area contributed by atoms with E-state index in [4.69, 9.17) is 23.2 Å². The Labute approximate surface area is 242 Å². The molecule has 3 aromatic rings. The lowest BCUT2D eigenvalue weighted by Gasteiger charge is -2.36. The van der Waals surface area contributed by atoms with Crippen molar-refractivity contribution in [2.45, 2.75) is 71.5 Å². The van der Waals surface area contributed by atoms with Gasteiger partial charge in [0.25, 0.3) is 5.91 Å². The number of rotatable bonds is 11. The van der Waals surface area contributed by atoms with Gasteiger partial charge in [0.1, 0.15) is 6.54 Å². The van der Waals surface area contributed by atoms with E-state index >= 15 is 0 Å². The highest BCUT2D eigenvalue weighted by atomic mass is 35.5. The third kappa shape index (κ3) is 8.12. The lowest BCUT2D eigenvalue weighted by Crippen LogP contribution is -2.48. The zero-order chi connectivity index (χ0) is 27.8. The Morgan fingerprint density at radius 3 is 2.36 bits per heavy atom. The molecule has 1 heterocycles. The normalized spacial score (nSPS) is 14.0. The summed E-state index contributed by atoms with van der Waals surface area (Å²) in [5, 5.41) is 1.32. The van der Waals surface area contributed by atoms with Crippen LogP contribution in [0.1, 0.15) is 74.0 Å². The Morgan fingerprint density at radius 1 is 0.949 bits per heavy atom. The second kappa shape index (κ2) is 14.0. The summed E-state index contributed by atoms with van der Waals surface area (Å²) in [6.07, 6.45) is 8.31. The molecular weight excluding hydrogens is 529 g/mol.